The van der Waals surface area contributed by atoms with Gasteiger partial charge in [-0.15, -0.1) is 0 Å². The van der Waals surface area contributed by atoms with Gasteiger partial charge in [0.25, 0.3) is 0 Å². The quantitative estimate of drug-likeness (QED) is 0.779. The number of hydrogen-bond donors (Lipinski definition) is 2. The Morgan fingerprint density at radius 2 is 1.91 bits per heavy atom. The van der Waals surface area contributed by atoms with E-state index in [1.165, 1.54) is 7.11 Å². The first-order chi connectivity index (χ1) is 10.6. The van der Waals surface area contributed by atoms with Crippen LogP contribution < -0.4 is 11.1 Å². The van der Waals surface area contributed by atoms with Gasteiger partial charge in [-0.3, -0.25) is 4.79 Å². The van der Waals surface area contributed by atoms with E-state index in [0.717, 1.165) is 31.2 Å². The number of nitrogens with one attached hydrogen (secondary N) is 1. The molecule has 0 saturated heterocycles. The van der Waals surface area contributed by atoms with Gasteiger partial charge in [0.2, 0.25) is 5.91 Å². The van der Waals surface area contributed by atoms with Gasteiger partial charge in [0, 0.05) is 13.0 Å². The van der Waals surface area contributed by atoms with Crippen LogP contribution in [0.5, 0.6) is 0 Å². The number of ether oxygens (including phenoxy) is 1. The fourth-order valence-corrected chi connectivity index (χ4v) is 3.07. The first-order valence-electron chi connectivity index (χ1n) is 7.74. The maximum atomic E-state index is 12.6. The molecular formula is C17H24N2O3. The summed E-state index contributed by atoms with van der Waals surface area (Å²) in [6.45, 7) is 0.318. The summed E-state index contributed by atoms with van der Waals surface area (Å²) in [5.74, 6) is -0.554. The van der Waals surface area contributed by atoms with Crippen LogP contribution in [0.2, 0.25) is 0 Å². The van der Waals surface area contributed by atoms with Crippen molar-refractivity contribution in [2.75, 3.05) is 13.7 Å². The number of carbonyl (C=O) groups is 2. The Bertz CT molecular complexity index is 510. The molecule has 0 aliphatic heterocycles. The van der Waals surface area contributed by atoms with Crippen molar-refractivity contribution in [3.63, 3.8) is 0 Å². The van der Waals surface area contributed by atoms with E-state index in [1.54, 1.807) is 0 Å². The van der Waals surface area contributed by atoms with Crippen molar-refractivity contribution in [2.24, 2.45) is 11.1 Å². The summed E-state index contributed by atoms with van der Waals surface area (Å²) in [6, 6.07) is 8.90. The molecule has 5 heteroatoms. The molecule has 1 fully saturated rings. The zero-order chi connectivity index (χ0) is 16.0. The predicted molar refractivity (Wildman–Crippen MR) is 84.0 cm³/mol. The van der Waals surface area contributed by atoms with Crippen LogP contribution in [0.3, 0.4) is 0 Å². The fraction of sp³-hybridized carbons (Fsp3) is 0.529. The smallest absolute Gasteiger partial charge is 0.328 e. The van der Waals surface area contributed by atoms with Crippen molar-refractivity contribution in [3.05, 3.63) is 35.9 Å². The van der Waals surface area contributed by atoms with Crippen LogP contribution in [-0.2, 0) is 20.7 Å². The van der Waals surface area contributed by atoms with Gasteiger partial charge < -0.3 is 15.8 Å². The molecule has 1 atom stereocenters. The third-order valence-corrected chi connectivity index (χ3v) is 4.51. The molecule has 0 bridgehead atoms. The van der Waals surface area contributed by atoms with Gasteiger partial charge >= 0.3 is 5.97 Å². The summed E-state index contributed by atoms with van der Waals surface area (Å²) in [5, 5.41) is 2.86. The lowest BCUT2D eigenvalue weighted by molar-refractivity contribution is -0.146. The predicted octanol–water partition coefficient (Wildman–Crippen LogP) is 1.41. The average Bonchev–Trinajstić information content (AvgIpc) is 3.04. The van der Waals surface area contributed by atoms with Crippen molar-refractivity contribution in [1.29, 1.82) is 0 Å². The highest BCUT2D eigenvalue weighted by atomic mass is 16.5. The molecule has 0 spiro atoms. The number of rotatable bonds is 6. The molecule has 2 rings (SSSR count). The zero-order valence-corrected chi connectivity index (χ0v) is 13.0. The van der Waals surface area contributed by atoms with E-state index in [9.17, 15) is 9.59 Å². The largest absolute Gasteiger partial charge is 0.467 e. The van der Waals surface area contributed by atoms with Gasteiger partial charge in [0.05, 0.1) is 12.5 Å². The minimum atomic E-state index is -0.677. The number of nitrogens with two attached hydrogens (primary N) is 1. The van der Waals surface area contributed by atoms with Crippen LogP contribution in [0.15, 0.2) is 30.3 Å². The summed E-state index contributed by atoms with van der Waals surface area (Å²) in [6.07, 6.45) is 4.00. The Labute approximate surface area is 131 Å². The van der Waals surface area contributed by atoms with Crippen LogP contribution in [0.4, 0.5) is 0 Å². The second-order valence-corrected chi connectivity index (χ2v) is 5.93. The molecule has 3 N–H and O–H groups in total. The first kappa shape index (κ1) is 16.5. The highest BCUT2D eigenvalue weighted by Crippen LogP contribution is 2.37. The number of benzene rings is 1. The molecule has 1 aliphatic rings. The van der Waals surface area contributed by atoms with Crippen molar-refractivity contribution in [3.8, 4) is 0 Å². The van der Waals surface area contributed by atoms with E-state index in [1.807, 2.05) is 30.3 Å². The average molecular weight is 304 g/mol. The number of esters is 1. The van der Waals surface area contributed by atoms with Crippen LogP contribution >= 0.6 is 0 Å². The maximum Gasteiger partial charge on any atom is 0.328 e. The van der Waals surface area contributed by atoms with Crippen LogP contribution in [0.25, 0.3) is 0 Å². The van der Waals surface area contributed by atoms with Crippen molar-refractivity contribution in [2.45, 2.75) is 38.1 Å². The highest BCUT2D eigenvalue weighted by molar-refractivity contribution is 5.88. The van der Waals surface area contributed by atoms with Gasteiger partial charge in [-0.2, -0.15) is 0 Å². The van der Waals surface area contributed by atoms with E-state index >= 15 is 0 Å². The normalized spacial score (nSPS) is 17.7. The monoisotopic (exact) mass is 304 g/mol. The van der Waals surface area contributed by atoms with Gasteiger partial charge in [-0.1, -0.05) is 43.2 Å². The molecule has 22 heavy (non-hydrogen) atoms. The topological polar surface area (TPSA) is 81.4 Å². The second-order valence-electron chi connectivity index (χ2n) is 5.93. The summed E-state index contributed by atoms with van der Waals surface area (Å²) in [5.41, 5.74) is 6.28. The van der Waals surface area contributed by atoms with E-state index in [2.05, 4.69) is 5.32 Å². The number of methoxy groups -OCH3 is 1. The molecule has 120 valence electrons. The lowest BCUT2D eigenvalue weighted by Crippen LogP contribution is -2.51. The zero-order valence-electron chi connectivity index (χ0n) is 13.0. The van der Waals surface area contributed by atoms with E-state index in [0.29, 0.717) is 13.0 Å². The molecular weight excluding hydrogens is 280 g/mol. The Hall–Kier alpha value is -1.88. The van der Waals surface area contributed by atoms with E-state index < -0.39 is 17.4 Å². The molecule has 1 amide bonds. The third kappa shape index (κ3) is 3.65. The molecule has 5 nitrogen and oxygen atoms in total. The maximum absolute atomic E-state index is 12.6. The summed E-state index contributed by atoms with van der Waals surface area (Å²) < 4.78 is 4.83. The first-order valence-corrected chi connectivity index (χ1v) is 7.74. The van der Waals surface area contributed by atoms with Crippen LogP contribution in [0.1, 0.15) is 31.2 Å². The van der Waals surface area contributed by atoms with E-state index in [4.69, 9.17) is 10.5 Å². The fourth-order valence-electron chi connectivity index (χ4n) is 3.07. The molecule has 1 unspecified atom stereocenters. The minimum absolute atomic E-state index is 0.126. The third-order valence-electron chi connectivity index (χ3n) is 4.51. The second kappa shape index (κ2) is 7.40. The van der Waals surface area contributed by atoms with Crippen molar-refractivity contribution >= 4 is 11.9 Å². The summed E-state index contributed by atoms with van der Waals surface area (Å²) >= 11 is 0. The lowest BCUT2D eigenvalue weighted by atomic mass is 9.85. The van der Waals surface area contributed by atoms with Gasteiger partial charge in [-0.05, 0) is 18.4 Å². The number of carbonyl (C=O) groups excluding carboxylic acids is 2. The van der Waals surface area contributed by atoms with Crippen LogP contribution in [0, 0.1) is 5.41 Å². The molecule has 1 aromatic rings. The molecule has 1 saturated carbocycles. The van der Waals surface area contributed by atoms with Crippen LogP contribution in [-0.4, -0.2) is 31.6 Å². The number of hydrogen-bond acceptors (Lipinski definition) is 4. The highest BCUT2D eigenvalue weighted by Gasteiger charge is 2.41. The number of amides is 1. The minimum Gasteiger partial charge on any atom is -0.467 e. The Kier molecular flexibility index (Phi) is 5.55. The standard InChI is InChI=1S/C17H24N2O3/c1-22-15(20)14(11-13-7-3-2-4-8-13)19-16(21)17(12-18)9-5-6-10-17/h2-4,7-8,14H,5-6,9-12,18H2,1H3,(H,19,21). The molecule has 1 aromatic carbocycles. The van der Waals surface area contributed by atoms with Gasteiger partial charge in [0.15, 0.2) is 0 Å². The Balaban J connectivity index is 2.09. The Morgan fingerprint density at radius 1 is 1.27 bits per heavy atom. The molecule has 0 aromatic heterocycles. The molecule has 0 heterocycles. The molecule has 0 radical (unpaired) electrons. The lowest BCUT2D eigenvalue weighted by Gasteiger charge is -2.28. The van der Waals surface area contributed by atoms with Crippen molar-refractivity contribution in [1.82, 2.24) is 5.32 Å². The van der Waals surface area contributed by atoms with Gasteiger partial charge in [0.1, 0.15) is 6.04 Å². The SMILES string of the molecule is COC(=O)C(Cc1ccccc1)NC(=O)C1(CN)CCCC1. The van der Waals surface area contributed by atoms with E-state index in [-0.39, 0.29) is 5.91 Å². The summed E-state index contributed by atoms with van der Waals surface area (Å²) in [4.78, 5) is 24.6. The van der Waals surface area contributed by atoms with Gasteiger partial charge in [-0.25, -0.2) is 4.79 Å². The molecule has 1 aliphatic carbocycles. The van der Waals surface area contributed by atoms with Crippen molar-refractivity contribution < 1.29 is 14.3 Å². The summed E-state index contributed by atoms with van der Waals surface area (Å²) in [7, 11) is 1.33. The Morgan fingerprint density at radius 3 is 2.45 bits per heavy atom.